The first-order valence-electron chi connectivity index (χ1n) is 1.86. The van der Waals surface area contributed by atoms with Gasteiger partial charge in [0.25, 0.3) is 0 Å². The van der Waals surface area contributed by atoms with Crippen molar-refractivity contribution in [3.63, 3.8) is 0 Å². The first kappa shape index (κ1) is 16.1. The molecule has 0 atom stereocenters. The maximum Gasteiger partial charge on any atom is 1.00 e. The van der Waals surface area contributed by atoms with Crippen LogP contribution in [0.4, 0.5) is 0 Å². The summed E-state index contributed by atoms with van der Waals surface area (Å²) in [4.78, 5) is 9.34. The van der Waals surface area contributed by atoms with Gasteiger partial charge in [-0.25, -0.2) is 0 Å². The van der Waals surface area contributed by atoms with Gasteiger partial charge in [0.1, 0.15) is 0 Å². The SMILES string of the molecule is C=C.NC(N)C(=O)[O-].[Na+]. The summed E-state index contributed by atoms with van der Waals surface area (Å²) in [5, 5.41) is 9.34. The van der Waals surface area contributed by atoms with E-state index in [2.05, 4.69) is 24.6 Å². The summed E-state index contributed by atoms with van der Waals surface area (Å²) in [6.45, 7) is 6.00. The standard InChI is InChI=1S/C2H6N2O2.C2H4.Na/c3-1(4)2(5)6;1-2;/h1H,3-4H2,(H,5,6);1-2H2;/q;;+1/p-1. The van der Waals surface area contributed by atoms with Crippen LogP contribution in [0.1, 0.15) is 0 Å². The average molecular weight is 140 g/mol. The Morgan fingerprint density at radius 2 is 1.56 bits per heavy atom. The Labute approximate surface area is 76.2 Å². The fourth-order valence-corrected chi connectivity index (χ4v) is 0. The number of hydrogen-bond acceptors (Lipinski definition) is 4. The molecule has 0 amide bonds. The molecule has 0 aromatic carbocycles. The third-order valence-corrected chi connectivity index (χ3v) is 0.272. The number of carbonyl (C=O) groups excluding carboxylic acids is 1. The molecule has 9 heavy (non-hydrogen) atoms. The second kappa shape index (κ2) is 11.0. The molecule has 4 N–H and O–H groups in total. The quantitative estimate of drug-likeness (QED) is 0.216. The van der Waals surface area contributed by atoms with E-state index in [0.717, 1.165) is 0 Å². The van der Waals surface area contributed by atoms with Crippen LogP contribution in [0.5, 0.6) is 0 Å². The molecule has 48 valence electrons. The molecule has 0 fully saturated rings. The zero-order valence-electron chi connectivity index (χ0n) is 5.46. The van der Waals surface area contributed by atoms with Gasteiger partial charge < -0.3 is 21.4 Å². The largest absolute Gasteiger partial charge is 1.00 e. The van der Waals surface area contributed by atoms with Gasteiger partial charge in [0.05, 0.1) is 12.1 Å². The molecular weight excluding hydrogens is 131 g/mol. The van der Waals surface area contributed by atoms with Gasteiger partial charge in [0, 0.05) is 0 Å². The molecule has 0 spiro atoms. The van der Waals surface area contributed by atoms with E-state index in [1.54, 1.807) is 0 Å². The fourth-order valence-electron chi connectivity index (χ4n) is 0. The van der Waals surface area contributed by atoms with Gasteiger partial charge in [-0.2, -0.15) is 0 Å². The molecule has 0 saturated carbocycles. The van der Waals surface area contributed by atoms with Crippen molar-refractivity contribution in [2.75, 3.05) is 0 Å². The number of carboxylic acids is 1. The van der Waals surface area contributed by atoms with Crippen LogP contribution >= 0.6 is 0 Å². The van der Waals surface area contributed by atoms with Crippen molar-refractivity contribution in [3.05, 3.63) is 13.2 Å². The molecule has 0 radical (unpaired) electrons. The molecule has 4 nitrogen and oxygen atoms in total. The van der Waals surface area contributed by atoms with E-state index in [4.69, 9.17) is 0 Å². The minimum absolute atomic E-state index is 0. The molecule has 0 saturated heterocycles. The number of carboxylic acid groups (broad SMARTS) is 1. The molecule has 0 bridgehead atoms. The summed E-state index contributed by atoms with van der Waals surface area (Å²) in [5.41, 5.74) is 9.10. The Bertz CT molecular complexity index is 77.0. The van der Waals surface area contributed by atoms with Crippen molar-refractivity contribution in [2.24, 2.45) is 11.5 Å². The van der Waals surface area contributed by atoms with Crippen LogP contribution in [0.25, 0.3) is 0 Å². The molecule has 0 aromatic rings. The number of carbonyl (C=O) groups is 1. The Kier molecular flexibility index (Phi) is 19.6. The van der Waals surface area contributed by atoms with Crippen molar-refractivity contribution in [3.8, 4) is 0 Å². The second-order valence-corrected chi connectivity index (χ2v) is 0.845. The van der Waals surface area contributed by atoms with Crippen molar-refractivity contribution in [1.29, 1.82) is 0 Å². The molecule has 0 aliphatic rings. The molecule has 0 aliphatic carbocycles. The molecule has 0 aliphatic heterocycles. The van der Waals surface area contributed by atoms with E-state index in [0.29, 0.717) is 0 Å². The van der Waals surface area contributed by atoms with Crippen molar-refractivity contribution < 1.29 is 39.5 Å². The monoisotopic (exact) mass is 140 g/mol. The third kappa shape index (κ3) is 17.9. The van der Waals surface area contributed by atoms with Gasteiger partial charge in [-0.05, 0) is 0 Å². The summed E-state index contributed by atoms with van der Waals surface area (Å²) in [7, 11) is 0. The van der Waals surface area contributed by atoms with Crippen LogP contribution in [0.3, 0.4) is 0 Å². The van der Waals surface area contributed by atoms with Gasteiger partial charge in [-0.1, -0.05) is 0 Å². The van der Waals surface area contributed by atoms with Crippen molar-refractivity contribution >= 4 is 5.97 Å². The minimum atomic E-state index is -1.44. The number of hydrogen-bond donors (Lipinski definition) is 2. The van der Waals surface area contributed by atoms with Crippen LogP contribution in [-0.4, -0.2) is 12.1 Å². The Morgan fingerprint density at radius 3 is 1.56 bits per heavy atom. The maximum absolute atomic E-state index is 9.34. The molecular formula is C4H9N2NaO2. The molecule has 0 heterocycles. The fraction of sp³-hybridized carbons (Fsp3) is 0.250. The maximum atomic E-state index is 9.34. The Balaban J connectivity index is -0.000000109. The van der Waals surface area contributed by atoms with E-state index in [1.165, 1.54) is 0 Å². The smallest absolute Gasteiger partial charge is 0.547 e. The topological polar surface area (TPSA) is 92.2 Å². The summed E-state index contributed by atoms with van der Waals surface area (Å²) >= 11 is 0. The zero-order valence-corrected chi connectivity index (χ0v) is 7.46. The van der Waals surface area contributed by atoms with Crippen LogP contribution < -0.4 is 46.1 Å². The molecule has 0 rings (SSSR count). The van der Waals surface area contributed by atoms with E-state index < -0.39 is 12.1 Å². The second-order valence-electron chi connectivity index (χ2n) is 0.845. The van der Waals surface area contributed by atoms with Crippen molar-refractivity contribution in [1.82, 2.24) is 0 Å². The Hall–Kier alpha value is 0.130. The normalized spacial score (nSPS) is 6.56. The summed E-state index contributed by atoms with van der Waals surface area (Å²) in [5.74, 6) is -1.44. The van der Waals surface area contributed by atoms with Crippen LogP contribution in [-0.2, 0) is 4.79 Å². The van der Waals surface area contributed by atoms with Gasteiger partial charge in [0.2, 0.25) is 0 Å². The number of rotatable bonds is 1. The first-order valence-corrected chi connectivity index (χ1v) is 1.86. The first-order chi connectivity index (χ1) is 3.64. The number of aliphatic carboxylic acids is 1. The van der Waals surface area contributed by atoms with Crippen LogP contribution in [0.15, 0.2) is 13.2 Å². The van der Waals surface area contributed by atoms with Gasteiger partial charge in [-0.15, -0.1) is 13.2 Å². The van der Waals surface area contributed by atoms with E-state index in [-0.39, 0.29) is 29.6 Å². The molecule has 0 unspecified atom stereocenters. The molecule has 5 heteroatoms. The van der Waals surface area contributed by atoms with Crippen molar-refractivity contribution in [2.45, 2.75) is 6.17 Å². The van der Waals surface area contributed by atoms with Crippen LogP contribution in [0, 0.1) is 0 Å². The van der Waals surface area contributed by atoms with Gasteiger partial charge >= 0.3 is 29.6 Å². The summed E-state index contributed by atoms with van der Waals surface area (Å²) in [6.07, 6.45) is -1.34. The Morgan fingerprint density at radius 1 is 1.44 bits per heavy atom. The number of nitrogens with two attached hydrogens (primary N) is 2. The predicted molar refractivity (Wildman–Crippen MR) is 28.4 cm³/mol. The van der Waals surface area contributed by atoms with Gasteiger partial charge in [0.15, 0.2) is 0 Å². The van der Waals surface area contributed by atoms with Gasteiger partial charge in [-0.3, -0.25) is 0 Å². The minimum Gasteiger partial charge on any atom is -0.547 e. The van der Waals surface area contributed by atoms with E-state index in [1.807, 2.05) is 0 Å². The predicted octanol–water partition coefficient (Wildman–Crippen LogP) is -5.21. The average Bonchev–Trinajstić information content (AvgIpc) is 1.72. The molecule has 0 aromatic heterocycles. The summed E-state index contributed by atoms with van der Waals surface area (Å²) in [6, 6.07) is 0. The van der Waals surface area contributed by atoms with E-state index in [9.17, 15) is 9.90 Å². The third-order valence-electron chi connectivity index (χ3n) is 0.272. The summed E-state index contributed by atoms with van der Waals surface area (Å²) < 4.78 is 0. The van der Waals surface area contributed by atoms with E-state index >= 15 is 0 Å². The zero-order chi connectivity index (χ0) is 7.15. The van der Waals surface area contributed by atoms with Crippen LogP contribution in [0.2, 0.25) is 0 Å².